The van der Waals surface area contributed by atoms with E-state index in [1.54, 1.807) is 26.0 Å². The van der Waals surface area contributed by atoms with Gasteiger partial charge in [0.1, 0.15) is 5.82 Å². The summed E-state index contributed by atoms with van der Waals surface area (Å²) in [5.41, 5.74) is 3.24. The van der Waals surface area contributed by atoms with Gasteiger partial charge in [-0.05, 0) is 61.4 Å². The predicted octanol–water partition coefficient (Wildman–Crippen LogP) is 5.59. The van der Waals surface area contributed by atoms with Crippen molar-refractivity contribution in [2.45, 2.75) is 20.1 Å². The fraction of sp³-hybridized carbons (Fsp3) is 0.125. The van der Waals surface area contributed by atoms with E-state index in [1.807, 2.05) is 30.3 Å². The molecule has 1 aliphatic heterocycles. The molecule has 2 aromatic carbocycles. The molecule has 3 heterocycles. The molecule has 0 atom stereocenters. The van der Waals surface area contributed by atoms with E-state index in [9.17, 15) is 13.6 Å². The first-order valence-corrected chi connectivity index (χ1v) is 10.0. The highest BCUT2D eigenvalue weighted by atomic mass is 19.3. The van der Waals surface area contributed by atoms with Crippen molar-refractivity contribution < 1.29 is 27.5 Å². The number of amides is 1. The normalized spacial score (nSPS) is 13.7. The average Bonchev–Trinajstić information content (AvgIpc) is 3.32. The van der Waals surface area contributed by atoms with Crippen LogP contribution >= 0.6 is 0 Å². The largest absolute Gasteiger partial charge is 0.586 e. The molecule has 0 saturated heterocycles. The number of ether oxygens (including phenoxy) is 2. The van der Waals surface area contributed by atoms with Gasteiger partial charge in [-0.2, -0.15) is 0 Å². The first kappa shape index (κ1) is 20.6. The number of nitrogens with one attached hydrogen (secondary N) is 1. The molecule has 7 nitrogen and oxygen atoms in total. The van der Waals surface area contributed by atoms with E-state index in [4.69, 9.17) is 4.42 Å². The predicted molar refractivity (Wildman–Crippen MR) is 115 cm³/mol. The molecular weight excluding hydrogens is 432 g/mol. The van der Waals surface area contributed by atoms with Crippen LogP contribution in [0, 0.1) is 13.8 Å². The molecule has 1 amide bonds. The topological polar surface area (TPSA) is 86.5 Å². The number of halogens is 2. The number of aromatic nitrogens is 2. The molecule has 2 aromatic heterocycles. The highest BCUT2D eigenvalue weighted by Crippen LogP contribution is 2.44. The Labute approximate surface area is 187 Å². The van der Waals surface area contributed by atoms with Crippen LogP contribution in [0.4, 0.5) is 14.6 Å². The number of oxazole rings is 1. The number of fused-ring (bicyclic) bond motifs is 1. The Kier molecular flexibility index (Phi) is 4.81. The standard InChI is InChI=1S/C24H17F2N3O4/c1-13-10-18-19(33-24(25,26)32-18)11-17(13)16-8-9-20(27-12-16)29-22(30)21-14(2)28-23(31-21)15-6-4-3-5-7-15/h3-12H,1-2H3,(H,27,29,30). The van der Waals surface area contributed by atoms with Crippen LogP contribution in [0.3, 0.4) is 0 Å². The number of carbonyl (C=O) groups is 1. The second-order valence-electron chi connectivity index (χ2n) is 7.47. The van der Waals surface area contributed by atoms with Crippen molar-refractivity contribution in [3.8, 4) is 34.1 Å². The summed E-state index contributed by atoms with van der Waals surface area (Å²) in [6.45, 7) is 3.45. The first-order valence-electron chi connectivity index (χ1n) is 10.0. The zero-order chi connectivity index (χ0) is 23.2. The minimum Gasteiger partial charge on any atom is -0.431 e. The van der Waals surface area contributed by atoms with Crippen LogP contribution in [0.5, 0.6) is 11.5 Å². The molecule has 0 fully saturated rings. The van der Waals surface area contributed by atoms with Crippen molar-refractivity contribution in [2.75, 3.05) is 5.32 Å². The van der Waals surface area contributed by atoms with Gasteiger partial charge >= 0.3 is 6.29 Å². The van der Waals surface area contributed by atoms with E-state index < -0.39 is 12.2 Å². The summed E-state index contributed by atoms with van der Waals surface area (Å²) < 4.78 is 41.3. The van der Waals surface area contributed by atoms with Gasteiger partial charge in [-0.15, -0.1) is 8.78 Å². The quantitative estimate of drug-likeness (QED) is 0.437. The Balaban J connectivity index is 1.34. The third kappa shape index (κ3) is 4.00. The van der Waals surface area contributed by atoms with Gasteiger partial charge in [-0.3, -0.25) is 4.79 Å². The van der Waals surface area contributed by atoms with Crippen LogP contribution in [-0.2, 0) is 0 Å². The zero-order valence-electron chi connectivity index (χ0n) is 17.6. The fourth-order valence-electron chi connectivity index (χ4n) is 3.52. The molecule has 0 aliphatic carbocycles. The third-order valence-corrected chi connectivity index (χ3v) is 5.09. The average molecular weight is 449 g/mol. The molecule has 0 unspecified atom stereocenters. The zero-order valence-corrected chi connectivity index (χ0v) is 17.6. The van der Waals surface area contributed by atoms with Gasteiger partial charge in [-0.1, -0.05) is 18.2 Å². The number of aryl methyl sites for hydroxylation is 2. The van der Waals surface area contributed by atoms with Crippen molar-refractivity contribution in [1.29, 1.82) is 0 Å². The molecule has 166 valence electrons. The summed E-state index contributed by atoms with van der Waals surface area (Å²) in [5, 5.41) is 2.68. The number of hydrogen-bond acceptors (Lipinski definition) is 6. The molecule has 1 N–H and O–H groups in total. The fourth-order valence-corrected chi connectivity index (χ4v) is 3.52. The summed E-state index contributed by atoms with van der Waals surface area (Å²) in [6, 6.07) is 15.5. The molecule has 0 bridgehead atoms. The Morgan fingerprint density at radius 2 is 1.70 bits per heavy atom. The third-order valence-electron chi connectivity index (χ3n) is 5.09. The van der Waals surface area contributed by atoms with Gasteiger partial charge in [0.15, 0.2) is 11.5 Å². The molecule has 0 radical (unpaired) electrons. The lowest BCUT2D eigenvalue weighted by Gasteiger charge is -2.08. The van der Waals surface area contributed by atoms with E-state index in [2.05, 4.69) is 24.8 Å². The molecule has 5 rings (SSSR count). The summed E-state index contributed by atoms with van der Waals surface area (Å²) >= 11 is 0. The lowest BCUT2D eigenvalue weighted by atomic mass is 10.0. The van der Waals surface area contributed by atoms with Crippen molar-refractivity contribution >= 4 is 11.7 Å². The molecule has 0 saturated carbocycles. The molecule has 0 spiro atoms. The van der Waals surface area contributed by atoms with Gasteiger partial charge < -0.3 is 19.2 Å². The number of carbonyl (C=O) groups excluding carboxylic acids is 1. The maximum atomic E-state index is 13.3. The summed E-state index contributed by atoms with van der Waals surface area (Å²) in [6.07, 6.45) is -2.15. The van der Waals surface area contributed by atoms with Gasteiger partial charge in [0, 0.05) is 17.3 Å². The van der Waals surface area contributed by atoms with Crippen LogP contribution in [0.25, 0.3) is 22.6 Å². The van der Waals surface area contributed by atoms with Gasteiger partial charge in [0.2, 0.25) is 11.7 Å². The number of rotatable bonds is 4. The number of hydrogen-bond donors (Lipinski definition) is 1. The van der Waals surface area contributed by atoms with Crippen LogP contribution < -0.4 is 14.8 Å². The lowest BCUT2D eigenvalue weighted by Crippen LogP contribution is -2.25. The minimum atomic E-state index is -3.68. The van der Waals surface area contributed by atoms with E-state index in [0.717, 1.165) is 5.56 Å². The molecule has 1 aliphatic rings. The van der Waals surface area contributed by atoms with Gasteiger partial charge in [-0.25, -0.2) is 9.97 Å². The van der Waals surface area contributed by atoms with Crippen LogP contribution in [0.15, 0.2) is 65.2 Å². The Hall–Kier alpha value is -4.27. The Morgan fingerprint density at radius 3 is 2.39 bits per heavy atom. The van der Waals surface area contributed by atoms with Crippen LogP contribution in [-0.4, -0.2) is 22.2 Å². The summed E-state index contributed by atoms with van der Waals surface area (Å²) in [4.78, 5) is 21.3. The van der Waals surface area contributed by atoms with E-state index in [0.29, 0.717) is 34.1 Å². The highest BCUT2D eigenvalue weighted by Gasteiger charge is 2.43. The van der Waals surface area contributed by atoms with Crippen molar-refractivity contribution in [2.24, 2.45) is 0 Å². The second kappa shape index (κ2) is 7.70. The second-order valence-corrected chi connectivity index (χ2v) is 7.47. The first-order chi connectivity index (χ1) is 15.8. The Morgan fingerprint density at radius 1 is 0.970 bits per heavy atom. The monoisotopic (exact) mass is 449 g/mol. The Bertz CT molecular complexity index is 1350. The van der Waals surface area contributed by atoms with Crippen molar-refractivity contribution in [3.05, 3.63) is 77.8 Å². The summed E-state index contributed by atoms with van der Waals surface area (Å²) in [7, 11) is 0. The molecule has 9 heteroatoms. The number of benzene rings is 2. The summed E-state index contributed by atoms with van der Waals surface area (Å²) in [5.74, 6) is 0.191. The maximum Gasteiger partial charge on any atom is 0.586 e. The number of pyridine rings is 1. The van der Waals surface area contributed by atoms with Crippen LogP contribution in [0.2, 0.25) is 0 Å². The SMILES string of the molecule is Cc1cc2c(cc1-c1ccc(NC(=O)c3oc(-c4ccccc4)nc3C)nc1)OC(F)(F)O2. The smallest absolute Gasteiger partial charge is 0.431 e. The minimum absolute atomic E-state index is 0.0182. The number of nitrogens with zero attached hydrogens (tertiary/aromatic N) is 2. The van der Waals surface area contributed by atoms with Crippen LogP contribution in [0.1, 0.15) is 21.8 Å². The van der Waals surface area contributed by atoms with Gasteiger partial charge in [0.25, 0.3) is 5.91 Å². The number of alkyl halides is 2. The lowest BCUT2D eigenvalue weighted by molar-refractivity contribution is -0.286. The molecular formula is C24H17F2N3O4. The molecule has 4 aromatic rings. The maximum absolute atomic E-state index is 13.3. The van der Waals surface area contributed by atoms with Crippen molar-refractivity contribution in [3.63, 3.8) is 0 Å². The van der Waals surface area contributed by atoms with E-state index in [-0.39, 0.29) is 17.3 Å². The highest BCUT2D eigenvalue weighted by molar-refractivity contribution is 6.02. The number of anilines is 1. The van der Waals surface area contributed by atoms with E-state index >= 15 is 0 Å². The van der Waals surface area contributed by atoms with Gasteiger partial charge in [0.05, 0.1) is 5.69 Å². The molecule has 33 heavy (non-hydrogen) atoms. The van der Waals surface area contributed by atoms with E-state index in [1.165, 1.54) is 18.3 Å². The van der Waals surface area contributed by atoms with Crippen molar-refractivity contribution in [1.82, 2.24) is 9.97 Å².